The fourth-order valence-electron chi connectivity index (χ4n) is 3.72. The first-order chi connectivity index (χ1) is 14.4. The Morgan fingerprint density at radius 2 is 1.94 bits per heavy atom. The monoisotopic (exact) mass is 560 g/mol. The summed E-state index contributed by atoms with van der Waals surface area (Å²) in [7, 11) is 0.0299. The molecule has 0 spiro atoms. The number of aromatic nitrogens is 1. The lowest BCUT2D eigenvalue weighted by Gasteiger charge is -2.21. The molecule has 1 aromatic carbocycles. The van der Waals surface area contributed by atoms with Crippen LogP contribution < -0.4 is 15.4 Å². The van der Waals surface area contributed by atoms with Crippen LogP contribution in [-0.2, 0) is 23.6 Å². The lowest BCUT2D eigenvalue weighted by molar-refractivity contribution is 0.258. The summed E-state index contributed by atoms with van der Waals surface area (Å²) in [6.07, 6.45) is 4.33. The minimum absolute atomic E-state index is 0. The van der Waals surface area contributed by atoms with E-state index >= 15 is 0 Å². The van der Waals surface area contributed by atoms with Crippen molar-refractivity contribution in [1.82, 2.24) is 24.8 Å². The van der Waals surface area contributed by atoms with E-state index in [1.54, 1.807) is 37.1 Å². The van der Waals surface area contributed by atoms with Crippen LogP contribution in [0.3, 0.4) is 0 Å². The van der Waals surface area contributed by atoms with E-state index in [9.17, 15) is 8.42 Å². The number of nitrogens with zero attached hydrogens (tertiary/aromatic N) is 3. The molecule has 1 aliphatic heterocycles. The summed E-state index contributed by atoms with van der Waals surface area (Å²) in [4.78, 5) is 7.01. The van der Waals surface area contributed by atoms with Crippen LogP contribution in [0.2, 0.25) is 0 Å². The van der Waals surface area contributed by atoms with E-state index in [0.717, 1.165) is 19.5 Å². The zero-order chi connectivity index (χ0) is 21.6. The van der Waals surface area contributed by atoms with Crippen molar-refractivity contribution in [2.75, 3.05) is 26.7 Å². The minimum Gasteiger partial charge on any atom is -0.356 e. The number of sulfonamides is 1. The first kappa shape index (κ1) is 25.6. The van der Waals surface area contributed by atoms with Crippen LogP contribution in [0, 0.1) is 0 Å². The summed E-state index contributed by atoms with van der Waals surface area (Å²) in [5, 5.41) is 6.65. The van der Waals surface area contributed by atoms with Gasteiger partial charge in [0.05, 0.1) is 4.90 Å². The smallest absolute Gasteiger partial charge is 0.242 e. The van der Waals surface area contributed by atoms with Crippen molar-refractivity contribution in [3.05, 3.63) is 54.4 Å². The van der Waals surface area contributed by atoms with Crippen molar-refractivity contribution in [2.45, 2.75) is 36.9 Å². The van der Waals surface area contributed by atoms with Gasteiger partial charge >= 0.3 is 0 Å². The molecule has 0 amide bonds. The number of hydrogen-bond donors (Lipinski definition) is 3. The van der Waals surface area contributed by atoms with Gasteiger partial charge in [0, 0.05) is 64.8 Å². The van der Waals surface area contributed by atoms with Crippen LogP contribution in [0.4, 0.5) is 0 Å². The van der Waals surface area contributed by atoms with Gasteiger partial charge in [-0.15, -0.1) is 24.0 Å². The molecule has 3 N–H and O–H groups in total. The van der Waals surface area contributed by atoms with Gasteiger partial charge in [-0.25, -0.2) is 13.1 Å². The van der Waals surface area contributed by atoms with Crippen molar-refractivity contribution in [1.29, 1.82) is 0 Å². The molecule has 0 radical (unpaired) electrons. The Bertz CT molecular complexity index is 948. The molecule has 1 aliphatic rings. The maximum atomic E-state index is 12.3. The molecule has 172 valence electrons. The molecular formula is C21H33IN6O2S. The summed E-state index contributed by atoms with van der Waals surface area (Å²) in [6, 6.07) is 12.9. The Morgan fingerprint density at radius 3 is 2.58 bits per heavy atom. The number of guanidine groups is 1. The van der Waals surface area contributed by atoms with Gasteiger partial charge in [0.1, 0.15) is 0 Å². The number of rotatable bonds is 8. The lowest BCUT2D eigenvalue weighted by Crippen LogP contribution is -2.46. The van der Waals surface area contributed by atoms with Gasteiger partial charge in [0.25, 0.3) is 0 Å². The van der Waals surface area contributed by atoms with E-state index in [4.69, 9.17) is 0 Å². The van der Waals surface area contributed by atoms with E-state index < -0.39 is 10.0 Å². The largest absolute Gasteiger partial charge is 0.356 e. The molecule has 3 rings (SSSR count). The molecule has 1 fully saturated rings. The predicted molar refractivity (Wildman–Crippen MR) is 135 cm³/mol. The van der Waals surface area contributed by atoms with Gasteiger partial charge in [0.2, 0.25) is 10.0 Å². The number of aliphatic imine (C=N–C) groups is 1. The Morgan fingerprint density at radius 1 is 1.19 bits per heavy atom. The van der Waals surface area contributed by atoms with Crippen molar-refractivity contribution >= 4 is 40.0 Å². The van der Waals surface area contributed by atoms with Crippen LogP contribution in [0.1, 0.15) is 18.9 Å². The number of likely N-dealkylation sites (tertiary alicyclic amines) is 1. The van der Waals surface area contributed by atoms with Gasteiger partial charge in [-0.05, 0) is 25.0 Å². The maximum Gasteiger partial charge on any atom is 0.242 e. The highest BCUT2D eigenvalue weighted by Gasteiger charge is 2.29. The average Bonchev–Trinajstić information content (AvgIpc) is 3.31. The van der Waals surface area contributed by atoms with Crippen molar-refractivity contribution in [3.63, 3.8) is 0 Å². The van der Waals surface area contributed by atoms with E-state index in [1.165, 1.54) is 5.56 Å². The second-order valence-electron chi connectivity index (χ2n) is 7.75. The van der Waals surface area contributed by atoms with Crippen LogP contribution in [0.25, 0.3) is 0 Å². The molecule has 2 aromatic rings. The standard InChI is InChI=1S/C21H32N6O2S.HI/c1-17-13-19(15-27(17)14-18-7-5-4-6-8-18)25-21(22-2)23-10-11-24-30(28,29)20-9-12-26(3)16-20;/h4-9,12,16-17,19,24H,10-11,13-15H2,1-3H3,(H2,22,23,25);1H. The topological polar surface area (TPSA) is 90.8 Å². The molecule has 1 saturated heterocycles. The van der Waals surface area contributed by atoms with Crippen molar-refractivity contribution in [3.8, 4) is 0 Å². The normalized spacial score (nSPS) is 19.8. The quantitative estimate of drug-likeness (QED) is 0.198. The van der Waals surface area contributed by atoms with Crippen molar-refractivity contribution < 1.29 is 8.42 Å². The molecule has 2 heterocycles. The van der Waals surface area contributed by atoms with E-state index in [2.05, 4.69) is 56.4 Å². The third-order valence-electron chi connectivity index (χ3n) is 5.32. The summed E-state index contributed by atoms with van der Waals surface area (Å²) in [5.74, 6) is 0.688. The molecular weight excluding hydrogens is 527 g/mol. The zero-order valence-electron chi connectivity index (χ0n) is 18.3. The molecule has 0 saturated carbocycles. The fraction of sp³-hybridized carbons (Fsp3) is 0.476. The minimum atomic E-state index is -3.49. The molecule has 2 unspecified atom stereocenters. The SMILES string of the molecule is CN=C(NCCNS(=O)(=O)c1ccn(C)c1)NC1CC(C)N(Cc2ccccc2)C1.I. The highest BCUT2D eigenvalue weighted by Crippen LogP contribution is 2.20. The highest BCUT2D eigenvalue weighted by atomic mass is 127. The third-order valence-corrected chi connectivity index (χ3v) is 6.77. The zero-order valence-corrected chi connectivity index (χ0v) is 21.4. The van der Waals surface area contributed by atoms with Crippen LogP contribution >= 0.6 is 24.0 Å². The second kappa shape index (κ2) is 11.8. The van der Waals surface area contributed by atoms with Crippen LogP contribution in [0.15, 0.2) is 58.7 Å². The van der Waals surface area contributed by atoms with E-state index in [1.807, 2.05) is 6.07 Å². The van der Waals surface area contributed by atoms with E-state index in [0.29, 0.717) is 24.6 Å². The highest BCUT2D eigenvalue weighted by molar-refractivity contribution is 14.0. The molecule has 10 heteroatoms. The van der Waals surface area contributed by atoms with Gasteiger partial charge in [-0.3, -0.25) is 9.89 Å². The number of aryl methyl sites for hydroxylation is 1. The molecule has 31 heavy (non-hydrogen) atoms. The Balaban J connectivity index is 0.00000341. The van der Waals surface area contributed by atoms with Gasteiger partial charge in [0.15, 0.2) is 5.96 Å². The molecule has 0 bridgehead atoms. The third kappa shape index (κ3) is 7.48. The van der Waals surface area contributed by atoms with E-state index in [-0.39, 0.29) is 35.4 Å². The summed E-state index contributed by atoms with van der Waals surface area (Å²) in [5.41, 5.74) is 1.32. The van der Waals surface area contributed by atoms with Gasteiger partial charge in [-0.2, -0.15) is 0 Å². The first-order valence-corrected chi connectivity index (χ1v) is 11.7. The molecule has 8 nitrogen and oxygen atoms in total. The maximum absolute atomic E-state index is 12.3. The number of nitrogens with one attached hydrogen (secondary N) is 3. The summed E-state index contributed by atoms with van der Waals surface area (Å²) < 4.78 is 28.8. The van der Waals surface area contributed by atoms with Crippen LogP contribution in [-0.4, -0.2) is 62.6 Å². The van der Waals surface area contributed by atoms with Crippen molar-refractivity contribution in [2.24, 2.45) is 12.0 Å². The summed E-state index contributed by atoms with van der Waals surface area (Å²) in [6.45, 7) is 4.85. The van der Waals surface area contributed by atoms with Gasteiger partial charge in [-0.1, -0.05) is 30.3 Å². The lowest BCUT2D eigenvalue weighted by atomic mass is 10.2. The number of benzene rings is 1. The predicted octanol–water partition coefficient (Wildman–Crippen LogP) is 1.75. The van der Waals surface area contributed by atoms with Gasteiger partial charge < -0.3 is 15.2 Å². The fourth-order valence-corrected chi connectivity index (χ4v) is 4.80. The average molecular weight is 561 g/mol. The van der Waals surface area contributed by atoms with Crippen LogP contribution in [0.5, 0.6) is 0 Å². The number of hydrogen-bond acceptors (Lipinski definition) is 4. The summed E-state index contributed by atoms with van der Waals surface area (Å²) >= 11 is 0. The Hall–Kier alpha value is -1.63. The Kier molecular flexibility index (Phi) is 9.79. The molecule has 2 atom stereocenters. The first-order valence-electron chi connectivity index (χ1n) is 10.2. The second-order valence-corrected chi connectivity index (χ2v) is 9.52. The number of halogens is 1. The molecule has 1 aromatic heterocycles. The molecule has 0 aliphatic carbocycles. The Labute approximate surface area is 202 Å².